The lowest BCUT2D eigenvalue weighted by molar-refractivity contribution is -0.135. The number of hydrogen-bond donors (Lipinski definition) is 1. The van der Waals surface area contributed by atoms with Crippen molar-refractivity contribution in [3.63, 3.8) is 0 Å². The molecule has 170 valence electrons. The molecule has 0 saturated carbocycles. The average Bonchev–Trinajstić information content (AvgIpc) is 3.26. The maximum absolute atomic E-state index is 13.4. The van der Waals surface area contributed by atoms with Gasteiger partial charge < -0.3 is 10.2 Å². The maximum atomic E-state index is 13.4. The lowest BCUT2D eigenvalue weighted by Gasteiger charge is -2.30. The molecule has 2 saturated heterocycles. The van der Waals surface area contributed by atoms with Crippen molar-refractivity contribution >= 4 is 56.6 Å². The zero-order chi connectivity index (χ0) is 23.1. The van der Waals surface area contributed by atoms with E-state index in [1.54, 1.807) is 53.9 Å². The van der Waals surface area contributed by atoms with Crippen LogP contribution in [0.2, 0.25) is 5.02 Å². The molecule has 0 unspecified atom stereocenters. The topological polar surface area (TPSA) is 86.8 Å². The predicted molar refractivity (Wildman–Crippen MR) is 127 cm³/mol. The molecule has 0 bridgehead atoms. The van der Waals surface area contributed by atoms with E-state index in [1.165, 1.54) is 16.4 Å². The van der Waals surface area contributed by atoms with Crippen molar-refractivity contribution in [3.8, 4) is 0 Å². The average molecular weight is 494 g/mol. The van der Waals surface area contributed by atoms with Crippen molar-refractivity contribution in [3.05, 3.63) is 53.6 Å². The Bertz CT molecular complexity index is 1160. The van der Waals surface area contributed by atoms with Gasteiger partial charge in [-0.15, -0.1) is 11.8 Å². The smallest absolute Gasteiger partial charge is 0.265 e. The van der Waals surface area contributed by atoms with Gasteiger partial charge in [-0.05, 0) is 50.6 Å². The summed E-state index contributed by atoms with van der Waals surface area (Å²) in [4.78, 5) is 26.5. The number of carbonyl (C=O) groups is 2. The van der Waals surface area contributed by atoms with E-state index >= 15 is 0 Å². The molecule has 2 aliphatic rings. The number of carbonyl (C=O) groups excluding carboxylic acids is 2. The Balaban J connectivity index is 1.60. The second-order valence-electron chi connectivity index (χ2n) is 7.91. The van der Waals surface area contributed by atoms with E-state index in [0.717, 1.165) is 6.42 Å². The Morgan fingerprint density at radius 3 is 2.69 bits per heavy atom. The number of fused-ring (bicyclic) bond motifs is 1. The number of rotatable bonds is 6. The minimum atomic E-state index is -3.96. The molecular weight excluding hydrogens is 470 g/mol. The second-order valence-corrected chi connectivity index (χ2v) is 11.6. The first-order valence-electron chi connectivity index (χ1n) is 10.3. The van der Waals surface area contributed by atoms with Gasteiger partial charge in [0.15, 0.2) is 0 Å². The Morgan fingerprint density at radius 2 is 2.00 bits per heavy atom. The van der Waals surface area contributed by atoms with E-state index in [0.29, 0.717) is 23.5 Å². The molecule has 0 aliphatic carbocycles. The van der Waals surface area contributed by atoms with Gasteiger partial charge in [0.25, 0.3) is 10.0 Å². The monoisotopic (exact) mass is 493 g/mol. The lowest BCUT2D eigenvalue weighted by atomic mass is 10.2. The van der Waals surface area contributed by atoms with Gasteiger partial charge in [-0.25, -0.2) is 8.42 Å². The number of nitrogens with one attached hydrogen (secondary N) is 1. The van der Waals surface area contributed by atoms with Gasteiger partial charge in [-0.2, -0.15) is 0 Å². The molecule has 0 spiro atoms. The molecule has 0 radical (unpaired) electrons. The van der Waals surface area contributed by atoms with Gasteiger partial charge in [-0.3, -0.25) is 13.9 Å². The minimum Gasteiger partial charge on any atom is -0.324 e. The van der Waals surface area contributed by atoms with Gasteiger partial charge in [-0.1, -0.05) is 29.8 Å². The van der Waals surface area contributed by atoms with Gasteiger partial charge >= 0.3 is 0 Å². The third-order valence-corrected chi connectivity index (χ3v) is 9.74. The summed E-state index contributed by atoms with van der Waals surface area (Å²) in [5.74, 6) is 0.140. The van der Waals surface area contributed by atoms with Crippen molar-refractivity contribution < 1.29 is 18.0 Å². The van der Waals surface area contributed by atoms with Crippen molar-refractivity contribution in [1.29, 1.82) is 0 Å². The van der Waals surface area contributed by atoms with Gasteiger partial charge in [0.1, 0.15) is 10.9 Å². The number of halogens is 1. The van der Waals surface area contributed by atoms with Crippen molar-refractivity contribution in [2.45, 2.75) is 42.5 Å². The number of para-hydroxylation sites is 1. The Hall–Kier alpha value is -2.23. The van der Waals surface area contributed by atoms with Crippen molar-refractivity contribution in [1.82, 2.24) is 4.90 Å². The van der Waals surface area contributed by atoms with E-state index in [2.05, 4.69) is 5.32 Å². The first-order chi connectivity index (χ1) is 15.2. The van der Waals surface area contributed by atoms with E-state index in [1.807, 2.05) is 13.0 Å². The van der Waals surface area contributed by atoms with Crippen LogP contribution in [0.4, 0.5) is 11.4 Å². The molecule has 2 atom stereocenters. The summed E-state index contributed by atoms with van der Waals surface area (Å²) in [6.45, 7) is 3.94. The maximum Gasteiger partial charge on any atom is 0.265 e. The largest absolute Gasteiger partial charge is 0.324 e. The van der Waals surface area contributed by atoms with Gasteiger partial charge in [0, 0.05) is 24.4 Å². The summed E-state index contributed by atoms with van der Waals surface area (Å²) in [6.07, 6.45) is 1.15. The Labute approximate surface area is 197 Å². The molecule has 2 aliphatic heterocycles. The third kappa shape index (κ3) is 3.97. The van der Waals surface area contributed by atoms with Crippen LogP contribution in [0.15, 0.2) is 53.4 Å². The molecule has 10 heteroatoms. The summed E-state index contributed by atoms with van der Waals surface area (Å²) in [5.41, 5.74) is 0.836. The molecule has 2 aromatic rings. The van der Waals surface area contributed by atoms with E-state index < -0.39 is 16.1 Å². The summed E-state index contributed by atoms with van der Waals surface area (Å²) in [5, 5.41) is 2.85. The fourth-order valence-electron chi connectivity index (χ4n) is 4.22. The van der Waals surface area contributed by atoms with Gasteiger partial charge in [0.05, 0.1) is 15.6 Å². The molecular formula is C22H24ClN3O4S2. The highest BCUT2D eigenvalue weighted by Gasteiger charge is 2.52. The van der Waals surface area contributed by atoms with Crippen LogP contribution in [0.5, 0.6) is 0 Å². The molecule has 2 aromatic carbocycles. The molecule has 0 aromatic heterocycles. The lowest BCUT2D eigenvalue weighted by Crippen LogP contribution is -2.48. The van der Waals surface area contributed by atoms with Crippen LogP contribution in [-0.2, 0) is 19.6 Å². The standard InChI is InChI=1S/C22H24ClN3O4S2/c1-3-25(16-7-5-4-6-8-16)32(29,30)19-13-15(9-10-17(19)23)24-21(28)18-14-31-22(2)12-11-20(27)26(18)22/h4-10,13,18H,3,11-12,14H2,1-2H3,(H,24,28)/t18-,22-/m1/s1. The number of sulfonamides is 1. The zero-order valence-corrected chi connectivity index (χ0v) is 20.1. The molecule has 32 heavy (non-hydrogen) atoms. The number of amides is 2. The number of nitrogens with zero attached hydrogens (tertiary/aromatic N) is 2. The predicted octanol–water partition coefficient (Wildman–Crippen LogP) is 3.95. The second kappa shape index (κ2) is 8.61. The molecule has 2 fully saturated rings. The summed E-state index contributed by atoms with van der Waals surface area (Å²) in [7, 11) is -3.96. The van der Waals surface area contributed by atoms with E-state index in [4.69, 9.17) is 11.6 Å². The normalized spacial score (nSPS) is 22.7. The fourth-order valence-corrected chi connectivity index (χ4v) is 7.63. The third-order valence-electron chi connectivity index (χ3n) is 5.85. The highest BCUT2D eigenvalue weighted by Crippen LogP contribution is 2.47. The van der Waals surface area contributed by atoms with Crippen LogP contribution in [0.3, 0.4) is 0 Å². The first-order valence-corrected chi connectivity index (χ1v) is 13.1. The zero-order valence-electron chi connectivity index (χ0n) is 17.7. The van der Waals surface area contributed by atoms with Gasteiger partial charge in [0.2, 0.25) is 11.8 Å². The molecule has 1 N–H and O–H groups in total. The summed E-state index contributed by atoms with van der Waals surface area (Å²) in [6, 6.07) is 12.6. The number of anilines is 2. The molecule has 2 amide bonds. The molecule has 2 heterocycles. The van der Waals surface area contributed by atoms with E-state index in [-0.39, 0.29) is 33.1 Å². The molecule has 4 rings (SSSR count). The highest BCUT2D eigenvalue weighted by atomic mass is 35.5. The Morgan fingerprint density at radius 1 is 1.28 bits per heavy atom. The molecule has 7 nitrogen and oxygen atoms in total. The summed E-state index contributed by atoms with van der Waals surface area (Å²) >= 11 is 7.87. The van der Waals surface area contributed by atoms with Crippen LogP contribution in [0.25, 0.3) is 0 Å². The SMILES string of the molecule is CCN(c1ccccc1)S(=O)(=O)c1cc(NC(=O)[C@H]2CS[C@]3(C)CCC(=O)N23)ccc1Cl. The number of hydrogen-bond acceptors (Lipinski definition) is 5. The van der Waals surface area contributed by atoms with Crippen LogP contribution < -0.4 is 9.62 Å². The Kier molecular flexibility index (Phi) is 6.17. The highest BCUT2D eigenvalue weighted by molar-refractivity contribution is 8.01. The number of benzene rings is 2. The minimum absolute atomic E-state index is 0.0292. The van der Waals surface area contributed by atoms with Crippen molar-refractivity contribution in [2.24, 2.45) is 0 Å². The first kappa shape index (κ1) is 22.9. The van der Waals surface area contributed by atoms with Crippen molar-refractivity contribution in [2.75, 3.05) is 21.9 Å². The fraction of sp³-hybridized carbons (Fsp3) is 0.364. The quantitative estimate of drug-likeness (QED) is 0.658. The van der Waals surface area contributed by atoms with Crippen LogP contribution in [-0.4, -0.2) is 48.3 Å². The number of thioether (sulfide) groups is 1. The van der Waals surface area contributed by atoms with Crippen LogP contribution in [0.1, 0.15) is 26.7 Å². The van der Waals surface area contributed by atoms with Crippen LogP contribution >= 0.6 is 23.4 Å². The van der Waals surface area contributed by atoms with E-state index in [9.17, 15) is 18.0 Å². The summed E-state index contributed by atoms with van der Waals surface area (Å²) < 4.78 is 28.0. The van der Waals surface area contributed by atoms with Crippen LogP contribution in [0, 0.1) is 0 Å².